The van der Waals surface area contributed by atoms with Gasteiger partial charge in [0.05, 0.1) is 0 Å². The molecule has 0 bridgehead atoms. The van der Waals surface area contributed by atoms with E-state index in [9.17, 15) is 0 Å². The summed E-state index contributed by atoms with van der Waals surface area (Å²) in [5.74, 6) is 0.873. The smallest absolute Gasteiger partial charge is 0.0196 e. The normalized spacial score (nSPS) is 33.9. The first kappa shape index (κ1) is 8.25. The van der Waals surface area contributed by atoms with Crippen LogP contribution in [0.5, 0.6) is 0 Å². The predicted octanol–water partition coefficient (Wildman–Crippen LogP) is 1.21. The van der Waals surface area contributed by atoms with Crippen molar-refractivity contribution >= 4 is 0 Å². The van der Waals surface area contributed by atoms with Gasteiger partial charge in [-0.2, -0.15) is 0 Å². The summed E-state index contributed by atoms with van der Waals surface area (Å²) in [5.41, 5.74) is 6.88. The molecule has 0 radical (unpaired) electrons. The molecule has 3 rings (SSSR count). The molecule has 74 valence electrons. The highest BCUT2D eigenvalue weighted by molar-refractivity contribution is 5.01. The third-order valence-corrected chi connectivity index (χ3v) is 4.23. The molecule has 1 saturated heterocycles. The van der Waals surface area contributed by atoms with Crippen molar-refractivity contribution in [1.29, 1.82) is 0 Å². The Labute approximate surface area is 80.5 Å². The summed E-state index contributed by atoms with van der Waals surface area (Å²) in [7, 11) is 0. The number of nitrogens with zero attached hydrogens (tertiary/aromatic N) is 1. The Bertz CT molecular complexity index is 198. The van der Waals surface area contributed by atoms with E-state index in [1.54, 1.807) is 0 Å². The maximum atomic E-state index is 6.10. The Kier molecular flexibility index (Phi) is 1.72. The van der Waals surface area contributed by atoms with Crippen molar-refractivity contribution in [2.45, 2.75) is 38.1 Å². The van der Waals surface area contributed by atoms with Crippen LogP contribution in [-0.4, -0.2) is 30.6 Å². The monoisotopic (exact) mass is 180 g/mol. The maximum Gasteiger partial charge on any atom is 0.0196 e. The molecular formula is C11H20N2. The van der Waals surface area contributed by atoms with Gasteiger partial charge in [0.2, 0.25) is 0 Å². The molecule has 0 aromatic rings. The third-order valence-electron chi connectivity index (χ3n) is 4.23. The van der Waals surface area contributed by atoms with E-state index in [1.807, 2.05) is 0 Å². The molecule has 1 heterocycles. The fourth-order valence-corrected chi connectivity index (χ4v) is 3.00. The Morgan fingerprint density at radius 2 is 2.00 bits per heavy atom. The zero-order valence-corrected chi connectivity index (χ0v) is 8.34. The second-order valence-electron chi connectivity index (χ2n) is 5.52. The minimum absolute atomic E-state index is 0.484. The van der Waals surface area contributed by atoms with E-state index in [-0.39, 0.29) is 0 Å². The molecule has 13 heavy (non-hydrogen) atoms. The molecule has 1 unspecified atom stereocenters. The summed E-state index contributed by atoms with van der Waals surface area (Å²) in [6.45, 7) is 3.88. The van der Waals surface area contributed by atoms with Gasteiger partial charge in [0.1, 0.15) is 0 Å². The summed E-state index contributed by atoms with van der Waals surface area (Å²) >= 11 is 0. The van der Waals surface area contributed by atoms with Gasteiger partial charge in [0, 0.05) is 25.7 Å². The summed E-state index contributed by atoms with van der Waals surface area (Å²) in [5, 5.41) is 0. The average Bonchev–Trinajstić information content (AvgIpc) is 2.72. The first-order valence-corrected chi connectivity index (χ1v) is 5.75. The highest BCUT2D eigenvalue weighted by atomic mass is 15.2. The lowest BCUT2D eigenvalue weighted by Gasteiger charge is -2.56. The molecule has 2 aliphatic carbocycles. The number of likely N-dealkylation sites (tertiary alicyclic amines) is 1. The Balaban J connectivity index is 1.43. The lowest BCUT2D eigenvalue weighted by atomic mass is 9.63. The zero-order chi connectivity index (χ0) is 8.89. The highest BCUT2D eigenvalue weighted by Crippen LogP contribution is 2.48. The van der Waals surface area contributed by atoms with E-state index in [0.717, 1.165) is 11.3 Å². The second-order valence-corrected chi connectivity index (χ2v) is 5.52. The van der Waals surface area contributed by atoms with Gasteiger partial charge in [0.15, 0.2) is 0 Å². The Morgan fingerprint density at radius 3 is 2.46 bits per heavy atom. The number of hydrogen-bond donors (Lipinski definition) is 1. The first-order valence-electron chi connectivity index (χ1n) is 5.75. The van der Waals surface area contributed by atoms with E-state index < -0.39 is 0 Å². The van der Waals surface area contributed by atoms with Crippen molar-refractivity contribution in [3.63, 3.8) is 0 Å². The molecule has 1 spiro atoms. The van der Waals surface area contributed by atoms with Gasteiger partial charge in [-0.1, -0.05) is 6.42 Å². The molecule has 2 saturated carbocycles. The molecular weight excluding hydrogens is 160 g/mol. The van der Waals surface area contributed by atoms with E-state index in [2.05, 4.69) is 4.90 Å². The molecule has 2 N–H and O–H groups in total. The minimum Gasteiger partial charge on any atom is -0.326 e. The van der Waals surface area contributed by atoms with E-state index in [1.165, 1.54) is 51.7 Å². The van der Waals surface area contributed by atoms with Crippen molar-refractivity contribution in [3.8, 4) is 0 Å². The Hall–Kier alpha value is -0.0800. The number of rotatable bonds is 3. The molecule has 3 aliphatic rings. The van der Waals surface area contributed by atoms with Gasteiger partial charge in [-0.25, -0.2) is 0 Å². The molecule has 1 atom stereocenters. The van der Waals surface area contributed by atoms with Crippen LogP contribution in [0.3, 0.4) is 0 Å². The largest absolute Gasteiger partial charge is 0.326 e. The van der Waals surface area contributed by atoms with Crippen LogP contribution in [0.1, 0.15) is 32.1 Å². The van der Waals surface area contributed by atoms with Gasteiger partial charge in [-0.15, -0.1) is 0 Å². The van der Waals surface area contributed by atoms with Crippen molar-refractivity contribution in [1.82, 2.24) is 4.90 Å². The minimum atomic E-state index is 0.484. The number of hydrogen-bond acceptors (Lipinski definition) is 2. The lowest BCUT2D eigenvalue weighted by molar-refractivity contribution is -0.0626. The van der Waals surface area contributed by atoms with E-state index in [4.69, 9.17) is 5.73 Å². The third kappa shape index (κ3) is 1.40. The van der Waals surface area contributed by atoms with Crippen LogP contribution in [0.2, 0.25) is 0 Å². The molecule has 2 nitrogen and oxygen atoms in total. The molecule has 3 fully saturated rings. The van der Waals surface area contributed by atoms with Gasteiger partial charge in [0.25, 0.3) is 0 Å². The van der Waals surface area contributed by atoms with E-state index in [0.29, 0.717) is 6.04 Å². The predicted molar refractivity (Wildman–Crippen MR) is 53.4 cm³/mol. The Morgan fingerprint density at radius 1 is 1.31 bits per heavy atom. The first-order chi connectivity index (χ1) is 6.27. The number of nitrogens with two attached hydrogens (primary N) is 1. The maximum absolute atomic E-state index is 6.10. The van der Waals surface area contributed by atoms with Gasteiger partial charge in [-0.05, 0) is 37.0 Å². The fourth-order valence-electron chi connectivity index (χ4n) is 3.00. The van der Waals surface area contributed by atoms with Crippen molar-refractivity contribution in [3.05, 3.63) is 0 Å². The summed E-state index contributed by atoms with van der Waals surface area (Å²) in [6, 6.07) is 0.484. The van der Waals surface area contributed by atoms with E-state index >= 15 is 0 Å². The topological polar surface area (TPSA) is 29.3 Å². The molecule has 0 aromatic heterocycles. The van der Waals surface area contributed by atoms with Gasteiger partial charge < -0.3 is 10.6 Å². The quantitative estimate of drug-likeness (QED) is 0.707. The van der Waals surface area contributed by atoms with Crippen LogP contribution in [-0.2, 0) is 0 Å². The van der Waals surface area contributed by atoms with Crippen molar-refractivity contribution in [2.24, 2.45) is 17.1 Å². The van der Waals surface area contributed by atoms with Crippen LogP contribution < -0.4 is 5.73 Å². The molecule has 0 aromatic carbocycles. The van der Waals surface area contributed by atoms with Crippen LogP contribution in [0, 0.1) is 11.3 Å². The SMILES string of the molecule is NC(CN1CC2(CCC2)C1)C1CC1. The molecule has 2 heteroatoms. The molecule has 1 aliphatic heterocycles. The summed E-state index contributed by atoms with van der Waals surface area (Å²) in [6.07, 6.45) is 7.23. The second kappa shape index (κ2) is 2.71. The fraction of sp³-hybridized carbons (Fsp3) is 1.00. The zero-order valence-electron chi connectivity index (χ0n) is 8.34. The van der Waals surface area contributed by atoms with Gasteiger partial charge in [-0.3, -0.25) is 0 Å². The van der Waals surface area contributed by atoms with Gasteiger partial charge >= 0.3 is 0 Å². The van der Waals surface area contributed by atoms with Crippen LogP contribution in [0.4, 0.5) is 0 Å². The molecule has 0 amide bonds. The standard InChI is InChI=1S/C11H20N2/c12-10(9-2-3-9)6-13-7-11(8-13)4-1-5-11/h9-10H,1-8,12H2. The summed E-state index contributed by atoms with van der Waals surface area (Å²) < 4.78 is 0. The highest BCUT2D eigenvalue weighted by Gasteiger charge is 2.47. The van der Waals surface area contributed by atoms with Crippen LogP contribution >= 0.6 is 0 Å². The lowest BCUT2D eigenvalue weighted by Crippen LogP contribution is -2.61. The van der Waals surface area contributed by atoms with Crippen molar-refractivity contribution < 1.29 is 0 Å². The van der Waals surface area contributed by atoms with Crippen LogP contribution in [0.25, 0.3) is 0 Å². The van der Waals surface area contributed by atoms with Crippen LogP contribution in [0.15, 0.2) is 0 Å². The van der Waals surface area contributed by atoms with Crippen molar-refractivity contribution in [2.75, 3.05) is 19.6 Å². The summed E-state index contributed by atoms with van der Waals surface area (Å²) in [4.78, 5) is 2.57. The average molecular weight is 180 g/mol.